The fourth-order valence-corrected chi connectivity index (χ4v) is 2.49. The Kier molecular flexibility index (Phi) is 22.1. The van der Waals surface area contributed by atoms with Gasteiger partial charge in [0.15, 0.2) is 0 Å². The van der Waals surface area contributed by atoms with Crippen molar-refractivity contribution in [3.05, 3.63) is 0 Å². The molecule has 0 radical (unpaired) electrons. The van der Waals surface area contributed by atoms with Crippen LogP contribution in [0.4, 0.5) is 0 Å². The van der Waals surface area contributed by atoms with Crippen LogP contribution in [0.15, 0.2) is 0 Å². The molecule has 0 aliphatic rings. The van der Waals surface area contributed by atoms with Gasteiger partial charge in [0, 0.05) is 12.4 Å². The molecule has 5 nitrogen and oxygen atoms in total. The number of hydrogen-bond donors (Lipinski definition) is 1. The van der Waals surface area contributed by atoms with Crippen LogP contribution in [0.3, 0.4) is 0 Å². The average Bonchev–Trinajstić information content (AvgIpc) is 2.51. The van der Waals surface area contributed by atoms with Crippen LogP contribution in [0.2, 0.25) is 0 Å². The van der Waals surface area contributed by atoms with Crippen LogP contribution in [0.1, 0.15) is 90.4 Å². The summed E-state index contributed by atoms with van der Waals surface area (Å²) >= 11 is 0. The molecule has 0 aromatic carbocycles. The molecule has 0 fully saturated rings. The molecule has 0 aliphatic carbocycles. The molecule has 0 aliphatic heterocycles. The zero-order valence-corrected chi connectivity index (χ0v) is 18.8. The molecule has 2 N–H and O–H groups in total. The van der Waals surface area contributed by atoms with Crippen molar-refractivity contribution in [3.63, 3.8) is 0 Å². The van der Waals surface area contributed by atoms with Crippen LogP contribution >= 0.6 is 0 Å². The van der Waals surface area contributed by atoms with Crippen molar-refractivity contribution >= 4 is 11.9 Å². The van der Waals surface area contributed by atoms with Gasteiger partial charge in [0.05, 0.1) is 6.61 Å². The Balaban J connectivity index is 0. The van der Waals surface area contributed by atoms with Gasteiger partial charge in [-0.05, 0) is 6.42 Å². The fraction of sp³-hybridized carbons (Fsp3) is 0.889. The summed E-state index contributed by atoms with van der Waals surface area (Å²) in [7, 11) is 0. The Morgan fingerprint density at radius 1 is 0.875 bits per heavy atom. The van der Waals surface area contributed by atoms with Gasteiger partial charge in [-0.2, -0.15) is 0 Å². The summed E-state index contributed by atoms with van der Waals surface area (Å²) < 4.78 is 4.94. The maximum absolute atomic E-state index is 11.3. The molecular formula is C18H34KNO4. The SMILES string of the molecule is CCCCCCCCCCCCCCOC(=O)C(N)CC(=O)[O-].[K+]. The zero-order valence-electron chi connectivity index (χ0n) is 15.7. The third-order valence-electron chi connectivity index (χ3n) is 3.93. The van der Waals surface area contributed by atoms with Gasteiger partial charge in [-0.25, -0.2) is 0 Å². The van der Waals surface area contributed by atoms with E-state index in [1.54, 1.807) is 0 Å². The van der Waals surface area contributed by atoms with Crippen molar-refractivity contribution in [3.8, 4) is 0 Å². The third kappa shape index (κ3) is 18.9. The van der Waals surface area contributed by atoms with E-state index in [2.05, 4.69) is 6.92 Å². The standard InChI is InChI=1S/C18H35NO4.K/c1-2-3-4-5-6-7-8-9-10-11-12-13-14-23-18(22)16(19)15-17(20)21;/h16H,2-15,19H2,1H3,(H,20,21);/q;+1/p-1. The number of carboxylic acid groups (broad SMARTS) is 1. The van der Waals surface area contributed by atoms with Crippen LogP contribution < -0.4 is 62.2 Å². The van der Waals surface area contributed by atoms with Crippen molar-refractivity contribution in [2.45, 2.75) is 96.4 Å². The van der Waals surface area contributed by atoms with E-state index in [0.29, 0.717) is 6.61 Å². The van der Waals surface area contributed by atoms with Crippen molar-refractivity contribution in [2.75, 3.05) is 6.61 Å². The van der Waals surface area contributed by atoms with E-state index in [1.165, 1.54) is 57.8 Å². The molecule has 0 heterocycles. The molecule has 0 aromatic heterocycles. The van der Waals surface area contributed by atoms with Crippen LogP contribution in [0.5, 0.6) is 0 Å². The number of rotatable bonds is 16. The Bertz CT molecular complexity index is 313. The molecule has 1 atom stereocenters. The first kappa shape index (κ1) is 26.8. The summed E-state index contributed by atoms with van der Waals surface area (Å²) in [4.78, 5) is 21.6. The maximum atomic E-state index is 11.3. The minimum atomic E-state index is -1.33. The number of carboxylic acids is 1. The monoisotopic (exact) mass is 367 g/mol. The van der Waals surface area contributed by atoms with E-state index >= 15 is 0 Å². The number of carbonyl (C=O) groups is 2. The van der Waals surface area contributed by atoms with E-state index in [-0.39, 0.29) is 51.4 Å². The van der Waals surface area contributed by atoms with Crippen molar-refractivity contribution in [2.24, 2.45) is 5.73 Å². The second-order valence-corrected chi connectivity index (χ2v) is 6.24. The topological polar surface area (TPSA) is 92.5 Å². The van der Waals surface area contributed by atoms with Crippen LogP contribution in [0, 0.1) is 0 Å². The van der Waals surface area contributed by atoms with E-state index in [0.717, 1.165) is 19.3 Å². The smallest absolute Gasteiger partial charge is 0.550 e. The molecule has 0 rings (SSSR count). The van der Waals surface area contributed by atoms with Crippen molar-refractivity contribution in [1.29, 1.82) is 0 Å². The van der Waals surface area contributed by atoms with Gasteiger partial charge in [0.2, 0.25) is 0 Å². The third-order valence-corrected chi connectivity index (χ3v) is 3.93. The number of ether oxygens (including phenoxy) is 1. The first-order valence-corrected chi connectivity index (χ1v) is 9.20. The summed E-state index contributed by atoms with van der Waals surface area (Å²) in [6.45, 7) is 2.56. The molecule has 1 unspecified atom stereocenters. The van der Waals surface area contributed by atoms with Crippen LogP contribution in [-0.2, 0) is 14.3 Å². The Morgan fingerprint density at radius 3 is 1.71 bits per heavy atom. The largest absolute Gasteiger partial charge is 1.00 e. The van der Waals surface area contributed by atoms with Crippen LogP contribution in [0.25, 0.3) is 0 Å². The van der Waals surface area contributed by atoms with E-state index in [4.69, 9.17) is 10.5 Å². The summed E-state index contributed by atoms with van der Waals surface area (Å²) in [6, 6.07) is -1.11. The molecule has 0 saturated heterocycles. The molecular weight excluding hydrogens is 333 g/mol. The van der Waals surface area contributed by atoms with E-state index in [9.17, 15) is 14.7 Å². The first-order valence-electron chi connectivity index (χ1n) is 9.20. The van der Waals surface area contributed by atoms with Crippen molar-refractivity contribution < 1.29 is 70.8 Å². The summed E-state index contributed by atoms with van der Waals surface area (Å²) in [5.74, 6) is -1.99. The van der Waals surface area contributed by atoms with Crippen molar-refractivity contribution in [1.82, 2.24) is 0 Å². The molecule has 0 saturated carbocycles. The Labute approximate surface area is 189 Å². The molecule has 0 spiro atoms. The molecule has 24 heavy (non-hydrogen) atoms. The minimum Gasteiger partial charge on any atom is -0.550 e. The predicted molar refractivity (Wildman–Crippen MR) is 89.6 cm³/mol. The van der Waals surface area contributed by atoms with Gasteiger partial charge in [-0.3, -0.25) is 4.79 Å². The maximum Gasteiger partial charge on any atom is 1.00 e. The zero-order chi connectivity index (χ0) is 17.3. The summed E-state index contributed by atoms with van der Waals surface area (Å²) in [6.07, 6.45) is 14.5. The fourth-order valence-electron chi connectivity index (χ4n) is 2.49. The second-order valence-electron chi connectivity index (χ2n) is 6.24. The second kappa shape index (κ2) is 19.9. The van der Waals surface area contributed by atoms with Gasteiger partial charge >= 0.3 is 57.4 Å². The number of esters is 1. The number of carbonyl (C=O) groups excluding carboxylic acids is 2. The quantitative estimate of drug-likeness (QED) is 0.230. The van der Waals surface area contributed by atoms with Gasteiger partial charge in [0.25, 0.3) is 0 Å². The van der Waals surface area contributed by atoms with Gasteiger partial charge < -0.3 is 20.4 Å². The number of aliphatic carboxylic acids is 1. The Hall–Kier alpha value is 0.536. The Morgan fingerprint density at radius 2 is 1.29 bits per heavy atom. The molecule has 136 valence electrons. The van der Waals surface area contributed by atoms with Gasteiger partial charge in [-0.1, -0.05) is 77.6 Å². The minimum absolute atomic E-state index is 0. The number of nitrogens with two attached hydrogens (primary N) is 1. The number of hydrogen-bond acceptors (Lipinski definition) is 5. The molecule has 0 amide bonds. The molecule has 6 heteroatoms. The van der Waals surface area contributed by atoms with Crippen LogP contribution in [-0.4, -0.2) is 24.6 Å². The summed E-state index contributed by atoms with van der Waals surface area (Å²) in [5.41, 5.74) is 5.37. The predicted octanol–water partition coefficient (Wildman–Crippen LogP) is -0.298. The number of unbranched alkanes of at least 4 members (excludes halogenated alkanes) is 11. The first-order chi connectivity index (χ1) is 11.1. The molecule has 0 aromatic rings. The van der Waals surface area contributed by atoms with Gasteiger partial charge in [-0.15, -0.1) is 0 Å². The van der Waals surface area contributed by atoms with E-state index < -0.39 is 24.4 Å². The van der Waals surface area contributed by atoms with E-state index in [1.807, 2.05) is 0 Å². The average molecular weight is 368 g/mol. The summed E-state index contributed by atoms with van der Waals surface area (Å²) in [5, 5.41) is 10.3. The van der Waals surface area contributed by atoms with Gasteiger partial charge in [0.1, 0.15) is 6.04 Å². The molecule has 0 bridgehead atoms. The normalized spacial score (nSPS) is 11.6.